The number of aliphatic hydroxyl groups is 1. The Kier molecular flexibility index (Phi) is 4.18. The van der Waals surface area contributed by atoms with E-state index >= 15 is 0 Å². The van der Waals surface area contributed by atoms with Crippen LogP contribution in [0.2, 0.25) is 0 Å². The van der Waals surface area contributed by atoms with E-state index < -0.39 is 17.5 Å². The van der Waals surface area contributed by atoms with Gasteiger partial charge in [0.15, 0.2) is 0 Å². The standard InChI is InChI=1S/C15H12FNO4/c16-10-3-1-9(2-4-10)7-11-5-6-12(17-11)13(18)8-14(19)15(20)21/h1-6,8,17,19H,7H2,(H,20,21)/b14-8-. The number of carboxylic acid groups (broad SMARTS) is 1. The SMILES string of the molecule is O=C(O)/C(O)=C/C(=O)c1ccc(Cc2ccc(F)cc2)[nH]1. The van der Waals surface area contributed by atoms with Crippen molar-refractivity contribution >= 4 is 11.8 Å². The Morgan fingerprint density at radius 2 is 1.76 bits per heavy atom. The highest BCUT2D eigenvalue weighted by Gasteiger charge is 2.11. The van der Waals surface area contributed by atoms with Gasteiger partial charge in [0.25, 0.3) is 0 Å². The normalized spacial score (nSPS) is 11.4. The molecule has 0 aliphatic rings. The molecule has 2 aromatic rings. The average Bonchev–Trinajstić information content (AvgIpc) is 2.90. The summed E-state index contributed by atoms with van der Waals surface area (Å²) in [6.07, 6.45) is 1.11. The number of aliphatic carboxylic acids is 1. The summed E-state index contributed by atoms with van der Waals surface area (Å²) in [6, 6.07) is 9.12. The Bertz CT molecular complexity index is 701. The molecule has 2 rings (SSSR count). The Morgan fingerprint density at radius 1 is 1.10 bits per heavy atom. The van der Waals surface area contributed by atoms with Crippen LogP contribution in [0.5, 0.6) is 0 Å². The minimum atomic E-state index is -1.57. The predicted molar refractivity (Wildman–Crippen MR) is 72.7 cm³/mol. The molecule has 21 heavy (non-hydrogen) atoms. The van der Waals surface area contributed by atoms with Gasteiger partial charge < -0.3 is 15.2 Å². The second-order valence-corrected chi connectivity index (χ2v) is 4.40. The second kappa shape index (κ2) is 6.04. The van der Waals surface area contributed by atoms with Crippen molar-refractivity contribution in [1.29, 1.82) is 0 Å². The molecule has 1 heterocycles. The number of aliphatic hydroxyl groups excluding tert-OH is 1. The van der Waals surface area contributed by atoms with E-state index in [0.29, 0.717) is 18.2 Å². The molecule has 0 saturated heterocycles. The summed E-state index contributed by atoms with van der Waals surface area (Å²) in [7, 11) is 0. The van der Waals surface area contributed by atoms with Gasteiger partial charge in [0, 0.05) is 18.2 Å². The summed E-state index contributed by atoms with van der Waals surface area (Å²) in [5, 5.41) is 17.5. The van der Waals surface area contributed by atoms with Crippen molar-refractivity contribution in [2.75, 3.05) is 0 Å². The van der Waals surface area contributed by atoms with Crippen LogP contribution >= 0.6 is 0 Å². The van der Waals surface area contributed by atoms with Gasteiger partial charge in [-0.15, -0.1) is 0 Å². The van der Waals surface area contributed by atoms with Crippen LogP contribution in [0.1, 0.15) is 21.7 Å². The Morgan fingerprint density at radius 3 is 2.38 bits per heavy atom. The molecule has 0 unspecified atom stereocenters. The first kappa shape index (κ1) is 14.5. The predicted octanol–water partition coefficient (Wildman–Crippen LogP) is 2.45. The molecule has 0 amide bonds. The molecular weight excluding hydrogens is 277 g/mol. The van der Waals surface area contributed by atoms with Crippen LogP contribution in [0.4, 0.5) is 4.39 Å². The van der Waals surface area contributed by atoms with Crippen molar-refractivity contribution in [3.63, 3.8) is 0 Å². The minimum absolute atomic E-state index is 0.167. The Balaban J connectivity index is 2.11. The van der Waals surface area contributed by atoms with E-state index in [4.69, 9.17) is 10.2 Å². The van der Waals surface area contributed by atoms with Gasteiger partial charge in [-0.3, -0.25) is 4.79 Å². The minimum Gasteiger partial charge on any atom is -0.502 e. The number of carboxylic acids is 1. The molecule has 6 heteroatoms. The zero-order valence-electron chi connectivity index (χ0n) is 10.8. The maximum absolute atomic E-state index is 12.8. The van der Waals surface area contributed by atoms with E-state index in [1.54, 1.807) is 18.2 Å². The van der Waals surface area contributed by atoms with Crippen LogP contribution < -0.4 is 0 Å². The summed E-state index contributed by atoms with van der Waals surface area (Å²) in [6.45, 7) is 0. The summed E-state index contributed by atoms with van der Waals surface area (Å²) in [5.74, 6) is -3.55. The second-order valence-electron chi connectivity index (χ2n) is 4.40. The summed E-state index contributed by atoms with van der Waals surface area (Å²) >= 11 is 0. The lowest BCUT2D eigenvalue weighted by Gasteiger charge is -1.99. The van der Waals surface area contributed by atoms with E-state index in [-0.39, 0.29) is 11.5 Å². The van der Waals surface area contributed by atoms with E-state index in [1.165, 1.54) is 18.2 Å². The largest absolute Gasteiger partial charge is 0.502 e. The number of carbonyl (C=O) groups is 2. The number of aromatic amines is 1. The number of halogens is 1. The maximum atomic E-state index is 12.8. The monoisotopic (exact) mass is 289 g/mol. The van der Waals surface area contributed by atoms with Crippen LogP contribution in [0.15, 0.2) is 48.2 Å². The maximum Gasteiger partial charge on any atom is 0.371 e. The van der Waals surface area contributed by atoms with Crippen molar-refractivity contribution in [1.82, 2.24) is 4.98 Å². The van der Waals surface area contributed by atoms with Crippen molar-refractivity contribution in [2.24, 2.45) is 0 Å². The number of hydrogen-bond donors (Lipinski definition) is 3. The van der Waals surface area contributed by atoms with Crippen molar-refractivity contribution in [2.45, 2.75) is 6.42 Å². The van der Waals surface area contributed by atoms with E-state index in [1.807, 2.05) is 0 Å². The zero-order chi connectivity index (χ0) is 15.4. The molecule has 0 fully saturated rings. The molecule has 0 atom stereocenters. The van der Waals surface area contributed by atoms with Gasteiger partial charge in [-0.1, -0.05) is 12.1 Å². The van der Waals surface area contributed by atoms with Crippen LogP contribution in [0.25, 0.3) is 0 Å². The molecule has 0 radical (unpaired) electrons. The Hall–Kier alpha value is -2.89. The van der Waals surface area contributed by atoms with Crippen LogP contribution in [0.3, 0.4) is 0 Å². The van der Waals surface area contributed by atoms with Gasteiger partial charge in [-0.25, -0.2) is 9.18 Å². The van der Waals surface area contributed by atoms with Crippen molar-refractivity contribution in [3.05, 3.63) is 71.0 Å². The number of benzene rings is 1. The lowest BCUT2D eigenvalue weighted by atomic mass is 10.1. The quantitative estimate of drug-likeness (QED) is 0.448. The number of hydrogen-bond acceptors (Lipinski definition) is 3. The summed E-state index contributed by atoms with van der Waals surface area (Å²) < 4.78 is 12.8. The number of carbonyl (C=O) groups excluding carboxylic acids is 1. The molecule has 0 spiro atoms. The van der Waals surface area contributed by atoms with Crippen molar-refractivity contribution in [3.8, 4) is 0 Å². The van der Waals surface area contributed by atoms with Crippen LogP contribution in [-0.2, 0) is 11.2 Å². The lowest BCUT2D eigenvalue weighted by Crippen LogP contribution is -2.04. The number of nitrogens with one attached hydrogen (secondary N) is 1. The first-order chi connectivity index (χ1) is 9.95. The smallest absolute Gasteiger partial charge is 0.371 e. The summed E-state index contributed by atoms with van der Waals surface area (Å²) in [4.78, 5) is 24.9. The van der Waals surface area contributed by atoms with Crippen molar-refractivity contribution < 1.29 is 24.2 Å². The first-order valence-corrected chi connectivity index (χ1v) is 6.06. The first-order valence-electron chi connectivity index (χ1n) is 6.06. The van der Waals surface area contributed by atoms with Crippen LogP contribution in [-0.4, -0.2) is 26.9 Å². The van der Waals surface area contributed by atoms with Gasteiger partial charge in [-0.05, 0) is 29.8 Å². The number of ketones is 1. The molecular formula is C15H12FNO4. The third-order valence-electron chi connectivity index (χ3n) is 2.81. The van der Waals surface area contributed by atoms with Gasteiger partial charge in [0.2, 0.25) is 11.5 Å². The highest BCUT2D eigenvalue weighted by atomic mass is 19.1. The fraction of sp³-hybridized carbons (Fsp3) is 0.0667. The third-order valence-corrected chi connectivity index (χ3v) is 2.81. The molecule has 5 nitrogen and oxygen atoms in total. The number of rotatable bonds is 5. The van der Waals surface area contributed by atoms with Crippen LogP contribution in [0, 0.1) is 5.82 Å². The molecule has 108 valence electrons. The molecule has 0 aliphatic carbocycles. The molecule has 0 saturated carbocycles. The van der Waals surface area contributed by atoms with E-state index in [0.717, 1.165) is 5.56 Å². The van der Waals surface area contributed by atoms with Gasteiger partial charge >= 0.3 is 5.97 Å². The molecule has 1 aromatic carbocycles. The molecule has 1 aromatic heterocycles. The average molecular weight is 289 g/mol. The van der Waals surface area contributed by atoms with Gasteiger partial charge in [0.1, 0.15) is 5.82 Å². The molecule has 0 bridgehead atoms. The number of aromatic nitrogens is 1. The molecule has 3 N–H and O–H groups in total. The highest BCUT2D eigenvalue weighted by Crippen LogP contribution is 2.11. The fourth-order valence-corrected chi connectivity index (χ4v) is 1.77. The number of H-pyrrole nitrogens is 1. The van der Waals surface area contributed by atoms with E-state index in [9.17, 15) is 14.0 Å². The fourth-order valence-electron chi connectivity index (χ4n) is 1.77. The topological polar surface area (TPSA) is 90.4 Å². The lowest BCUT2D eigenvalue weighted by molar-refractivity contribution is -0.135. The van der Waals surface area contributed by atoms with Gasteiger partial charge in [-0.2, -0.15) is 0 Å². The highest BCUT2D eigenvalue weighted by molar-refractivity contribution is 6.06. The summed E-state index contributed by atoms with van der Waals surface area (Å²) in [5.41, 5.74) is 1.74. The Labute approximate surface area is 119 Å². The zero-order valence-corrected chi connectivity index (χ0v) is 10.8. The van der Waals surface area contributed by atoms with Gasteiger partial charge in [0.05, 0.1) is 5.69 Å². The number of allylic oxidation sites excluding steroid dienone is 1. The van der Waals surface area contributed by atoms with E-state index in [2.05, 4.69) is 4.98 Å². The third kappa shape index (κ3) is 3.79. The molecule has 0 aliphatic heterocycles.